The quantitative estimate of drug-likeness (QED) is 0.309. The summed E-state index contributed by atoms with van der Waals surface area (Å²) < 4.78 is 10.5. The summed E-state index contributed by atoms with van der Waals surface area (Å²) >= 11 is 2.89. The molecule has 10 nitrogen and oxygen atoms in total. The first-order valence-electron chi connectivity index (χ1n) is 12.7. The van der Waals surface area contributed by atoms with E-state index in [2.05, 4.69) is 0 Å². The van der Waals surface area contributed by atoms with Crippen molar-refractivity contribution in [2.24, 2.45) is 11.5 Å². The van der Waals surface area contributed by atoms with E-state index in [-0.39, 0.29) is 22.6 Å². The molecule has 4 aliphatic heterocycles. The minimum atomic E-state index is -1.40. The van der Waals surface area contributed by atoms with Crippen molar-refractivity contribution in [3.63, 3.8) is 0 Å². The van der Waals surface area contributed by atoms with Gasteiger partial charge in [-0.1, -0.05) is 36.4 Å². The molecule has 0 saturated carbocycles. The molecular formula is C27H30N4O6S2. The SMILES string of the molecule is CC1(C)S[C@@H]2[C@H](N)C(=O)N2[C@H]1C(=O)OC(OC(=O)[C@@H]1N2C(=O)[C@@H](N)[C@H]2SC1(C)C)c1ccc2ccccc2c1. The number of nitrogens with two attached hydrogens (primary N) is 2. The number of esters is 2. The molecule has 0 unspecified atom stereocenters. The molecule has 4 heterocycles. The molecule has 12 heteroatoms. The van der Waals surface area contributed by atoms with Crippen molar-refractivity contribution in [1.82, 2.24) is 9.80 Å². The fourth-order valence-electron chi connectivity index (χ4n) is 5.90. The maximum atomic E-state index is 13.7. The van der Waals surface area contributed by atoms with Gasteiger partial charge in [-0.25, -0.2) is 9.59 Å². The Balaban J connectivity index is 1.31. The zero-order valence-electron chi connectivity index (χ0n) is 21.9. The van der Waals surface area contributed by atoms with Gasteiger partial charge in [-0.3, -0.25) is 9.59 Å². The van der Waals surface area contributed by atoms with E-state index in [9.17, 15) is 19.2 Å². The number of nitrogens with zero attached hydrogens (tertiary/aromatic N) is 2. The van der Waals surface area contributed by atoms with Crippen molar-refractivity contribution >= 4 is 58.0 Å². The normalized spacial score (nSPS) is 32.0. The number of hydrogen-bond donors (Lipinski definition) is 2. The summed E-state index contributed by atoms with van der Waals surface area (Å²) in [5.74, 6) is -2.02. The number of ether oxygens (including phenoxy) is 2. The predicted molar refractivity (Wildman–Crippen MR) is 147 cm³/mol. The predicted octanol–water partition coefficient (Wildman–Crippen LogP) is 1.70. The monoisotopic (exact) mass is 570 g/mol. The smallest absolute Gasteiger partial charge is 0.333 e. The Bertz CT molecular complexity index is 1350. The molecule has 39 heavy (non-hydrogen) atoms. The minimum Gasteiger partial charge on any atom is -0.419 e. The van der Waals surface area contributed by atoms with Gasteiger partial charge in [0.25, 0.3) is 6.29 Å². The van der Waals surface area contributed by atoms with Crippen LogP contribution in [-0.4, -0.2) is 78.0 Å². The first-order valence-corrected chi connectivity index (χ1v) is 14.5. The highest BCUT2D eigenvalue weighted by atomic mass is 32.2. The van der Waals surface area contributed by atoms with Crippen molar-refractivity contribution in [3.05, 3.63) is 48.0 Å². The van der Waals surface area contributed by atoms with Crippen LogP contribution in [-0.2, 0) is 28.7 Å². The number of carbonyl (C=O) groups is 4. The molecule has 2 aromatic rings. The van der Waals surface area contributed by atoms with Crippen molar-refractivity contribution in [2.75, 3.05) is 0 Å². The Kier molecular flexibility index (Phi) is 6.00. The molecule has 2 amide bonds. The Hall–Kier alpha value is -2.80. The highest BCUT2D eigenvalue weighted by Gasteiger charge is 2.65. The molecule has 2 aromatic carbocycles. The van der Waals surface area contributed by atoms with Gasteiger partial charge < -0.3 is 30.7 Å². The van der Waals surface area contributed by atoms with Crippen LogP contribution in [0.3, 0.4) is 0 Å². The summed E-state index contributed by atoms with van der Waals surface area (Å²) in [4.78, 5) is 55.3. The Morgan fingerprint density at radius 3 is 1.74 bits per heavy atom. The van der Waals surface area contributed by atoms with E-state index in [1.165, 1.54) is 33.3 Å². The van der Waals surface area contributed by atoms with Crippen LogP contribution in [0.5, 0.6) is 0 Å². The number of rotatable bonds is 5. The van der Waals surface area contributed by atoms with Gasteiger partial charge in [0.1, 0.15) is 34.9 Å². The van der Waals surface area contributed by atoms with Gasteiger partial charge >= 0.3 is 11.9 Å². The van der Waals surface area contributed by atoms with E-state index in [4.69, 9.17) is 20.9 Å². The summed E-state index contributed by atoms with van der Waals surface area (Å²) in [6, 6.07) is 9.88. The van der Waals surface area contributed by atoms with Gasteiger partial charge in [0, 0.05) is 15.1 Å². The fraction of sp³-hybridized carbons (Fsp3) is 0.481. The standard InChI is InChI=1S/C27H30N4O6S2/c1-26(2)17(30-19(32)15(28)21(30)38-26)23(34)36-25(14-10-9-12-7-5-6-8-13(12)11-14)37-24(35)18-27(3,4)39-22-16(29)20(33)31(18)22/h5-11,15-18,21-22,25H,28-29H2,1-4H3/t15-,16-,17+,18+,21-,22-/m1/s1. The van der Waals surface area contributed by atoms with Gasteiger partial charge in [0.05, 0.1) is 0 Å². The zero-order chi connectivity index (χ0) is 28.0. The largest absolute Gasteiger partial charge is 0.419 e. The maximum Gasteiger partial charge on any atom is 0.333 e. The number of amides is 2. The number of carbonyl (C=O) groups excluding carboxylic acids is 4. The highest BCUT2D eigenvalue weighted by Crippen LogP contribution is 2.52. The van der Waals surface area contributed by atoms with Crippen LogP contribution in [0.15, 0.2) is 42.5 Å². The van der Waals surface area contributed by atoms with Gasteiger partial charge in [0.15, 0.2) is 0 Å². The second kappa shape index (κ2) is 8.85. The van der Waals surface area contributed by atoms with Crippen molar-refractivity contribution in [3.8, 4) is 0 Å². The number of β-lactam (4-membered cyclic amide) rings is 2. The zero-order valence-corrected chi connectivity index (χ0v) is 23.5. The lowest BCUT2D eigenvalue weighted by Gasteiger charge is -2.42. The minimum absolute atomic E-state index is 0.317. The molecule has 4 aliphatic rings. The fourth-order valence-corrected chi connectivity index (χ4v) is 9.03. The molecule has 4 fully saturated rings. The van der Waals surface area contributed by atoms with Gasteiger partial charge in [0.2, 0.25) is 11.8 Å². The van der Waals surface area contributed by atoms with Crippen LogP contribution in [0.4, 0.5) is 0 Å². The second-order valence-electron chi connectivity index (χ2n) is 11.4. The molecule has 6 rings (SSSR count). The maximum absolute atomic E-state index is 13.7. The Morgan fingerprint density at radius 1 is 0.795 bits per heavy atom. The average Bonchev–Trinajstić information content (AvgIpc) is 3.32. The van der Waals surface area contributed by atoms with Crippen LogP contribution < -0.4 is 11.5 Å². The van der Waals surface area contributed by atoms with Crippen LogP contribution in [0.2, 0.25) is 0 Å². The van der Waals surface area contributed by atoms with E-state index < -0.39 is 51.9 Å². The molecule has 206 valence electrons. The molecule has 0 radical (unpaired) electrons. The molecule has 0 spiro atoms. The van der Waals surface area contributed by atoms with Crippen LogP contribution in [0.25, 0.3) is 10.8 Å². The van der Waals surface area contributed by atoms with Crippen molar-refractivity contribution in [1.29, 1.82) is 0 Å². The average molecular weight is 571 g/mol. The van der Waals surface area contributed by atoms with E-state index in [1.807, 2.05) is 58.0 Å². The molecule has 6 atom stereocenters. The topological polar surface area (TPSA) is 145 Å². The summed E-state index contributed by atoms with van der Waals surface area (Å²) in [7, 11) is 0. The number of fused-ring (bicyclic) bond motifs is 3. The first kappa shape index (κ1) is 26.4. The molecular weight excluding hydrogens is 540 g/mol. The highest BCUT2D eigenvalue weighted by molar-refractivity contribution is 8.02. The summed E-state index contributed by atoms with van der Waals surface area (Å²) in [5.41, 5.74) is 12.4. The van der Waals surface area contributed by atoms with E-state index in [1.54, 1.807) is 12.1 Å². The summed E-state index contributed by atoms with van der Waals surface area (Å²) in [6.07, 6.45) is -1.40. The molecule has 0 aromatic heterocycles. The van der Waals surface area contributed by atoms with Crippen LogP contribution >= 0.6 is 23.5 Å². The molecule has 0 bridgehead atoms. The third kappa shape index (κ3) is 3.94. The molecule has 4 saturated heterocycles. The Labute approximate surface area is 234 Å². The summed E-state index contributed by atoms with van der Waals surface area (Å²) in [6.45, 7) is 7.43. The number of benzene rings is 2. The molecule has 0 aliphatic carbocycles. The van der Waals surface area contributed by atoms with Gasteiger partial charge in [-0.2, -0.15) is 0 Å². The van der Waals surface area contributed by atoms with Crippen molar-refractivity contribution in [2.45, 2.75) is 78.4 Å². The first-order chi connectivity index (χ1) is 18.3. The summed E-state index contributed by atoms with van der Waals surface area (Å²) in [5, 5.41) is 1.20. The van der Waals surface area contributed by atoms with E-state index in [0.717, 1.165) is 10.8 Å². The molecule has 4 N–H and O–H groups in total. The van der Waals surface area contributed by atoms with Crippen LogP contribution in [0, 0.1) is 0 Å². The number of hydrogen-bond acceptors (Lipinski definition) is 10. The van der Waals surface area contributed by atoms with E-state index >= 15 is 0 Å². The second-order valence-corrected chi connectivity index (χ2v) is 14.9. The lowest BCUT2D eigenvalue weighted by Crippen LogP contribution is -2.69. The van der Waals surface area contributed by atoms with Crippen molar-refractivity contribution < 1.29 is 28.7 Å². The Morgan fingerprint density at radius 2 is 1.26 bits per heavy atom. The van der Waals surface area contributed by atoms with Crippen LogP contribution in [0.1, 0.15) is 39.5 Å². The van der Waals surface area contributed by atoms with E-state index in [0.29, 0.717) is 5.56 Å². The third-order valence-corrected chi connectivity index (χ3v) is 11.1. The van der Waals surface area contributed by atoms with Gasteiger partial charge in [-0.15, -0.1) is 23.5 Å². The lowest BCUT2D eigenvalue weighted by atomic mass is 9.96. The van der Waals surface area contributed by atoms with Gasteiger partial charge in [-0.05, 0) is 44.5 Å². The number of thioether (sulfide) groups is 2. The lowest BCUT2D eigenvalue weighted by molar-refractivity contribution is -0.201. The third-order valence-electron chi connectivity index (χ3n) is 7.90.